The first-order chi connectivity index (χ1) is 19.1. The monoisotopic (exact) mass is 625 g/mol. The number of para-hydroxylation sites is 1. The number of rotatable bonds is 8. The summed E-state index contributed by atoms with van der Waals surface area (Å²) in [5.41, 5.74) is 0.0835. The van der Waals surface area contributed by atoms with Gasteiger partial charge in [-0.05, 0) is 42.5 Å². The van der Waals surface area contributed by atoms with Gasteiger partial charge in [0, 0.05) is 30.4 Å². The van der Waals surface area contributed by atoms with Crippen LogP contribution in [0.5, 0.6) is 5.75 Å². The summed E-state index contributed by atoms with van der Waals surface area (Å²) in [4.78, 5) is 27.6. The number of ether oxygens (including phenoxy) is 2. The van der Waals surface area contributed by atoms with Crippen molar-refractivity contribution in [3.05, 3.63) is 88.7 Å². The Kier molecular flexibility index (Phi) is 8.17. The largest absolute Gasteiger partial charge is 0.457 e. The van der Waals surface area contributed by atoms with E-state index in [0.29, 0.717) is 8.61 Å². The van der Waals surface area contributed by atoms with Gasteiger partial charge >= 0.3 is 17.7 Å². The number of amides is 1. The van der Waals surface area contributed by atoms with Crippen molar-refractivity contribution in [1.29, 1.82) is 0 Å². The van der Waals surface area contributed by atoms with Gasteiger partial charge in [0.1, 0.15) is 12.3 Å². The van der Waals surface area contributed by atoms with E-state index in [0.717, 1.165) is 37.6 Å². The van der Waals surface area contributed by atoms with Crippen LogP contribution in [-0.2, 0) is 36.2 Å². The molecule has 0 aromatic heterocycles. The summed E-state index contributed by atoms with van der Waals surface area (Å²) in [5, 5.41) is 0.150. The molecule has 3 aromatic rings. The van der Waals surface area contributed by atoms with Gasteiger partial charge in [-0.25, -0.2) is 26.0 Å². The number of likely N-dealkylation sites (N-methyl/N-ethyl adjacent to an activating group) is 2. The van der Waals surface area contributed by atoms with Crippen LogP contribution in [0.25, 0.3) is 0 Å². The predicted octanol–water partition coefficient (Wildman–Crippen LogP) is 3.33. The fourth-order valence-corrected chi connectivity index (χ4v) is 5.74. The van der Waals surface area contributed by atoms with Gasteiger partial charge in [0.2, 0.25) is 20.0 Å². The second kappa shape index (κ2) is 11.0. The zero-order valence-corrected chi connectivity index (χ0v) is 24.6. The topological polar surface area (TPSA) is 131 Å². The number of hydrogen-bond acceptors (Lipinski definition) is 8. The second-order valence-electron chi connectivity index (χ2n) is 9.12. The summed E-state index contributed by atoms with van der Waals surface area (Å²) in [5.74, 6) is -5.95. The normalized spacial score (nSPS) is 15.0. The molecule has 0 bridgehead atoms. The first kappa shape index (κ1) is 30.4. The Hall–Kier alpha value is -3.56. The summed E-state index contributed by atoms with van der Waals surface area (Å²) in [6.45, 7) is -0.333. The molecule has 41 heavy (non-hydrogen) atoms. The van der Waals surface area contributed by atoms with E-state index in [2.05, 4.69) is 0 Å². The van der Waals surface area contributed by atoms with Crippen LogP contribution < -0.4 is 9.64 Å². The molecule has 3 aromatic carbocycles. The number of carbonyl (C=O) groups is 2. The Morgan fingerprint density at radius 2 is 1.59 bits per heavy atom. The standard InChI is InChI=1S/C26H25ClFN3O8S2/c1-29(40(3,34)35)26(30(2)41(4,36)37)25(33)31(23-21(28)11-8-12-22(23)39-26)19-13-14-20(27)18(15-19)16-38-24(32)17-9-6-5-7-10-17/h5-15H,16H2,1-4H3. The zero-order chi connectivity index (χ0) is 30.3. The highest BCUT2D eigenvalue weighted by Crippen LogP contribution is 2.46. The lowest BCUT2D eigenvalue weighted by atomic mass is 10.1. The molecular weight excluding hydrogens is 601 g/mol. The molecule has 1 heterocycles. The maximum absolute atomic E-state index is 15.3. The van der Waals surface area contributed by atoms with E-state index in [1.807, 2.05) is 0 Å². The molecule has 15 heteroatoms. The summed E-state index contributed by atoms with van der Waals surface area (Å²) in [6, 6.07) is 15.8. The molecule has 218 valence electrons. The summed E-state index contributed by atoms with van der Waals surface area (Å²) < 4.78 is 78.2. The number of hydrogen-bond donors (Lipinski definition) is 0. The van der Waals surface area contributed by atoms with Gasteiger partial charge in [-0.1, -0.05) is 35.9 Å². The van der Waals surface area contributed by atoms with Crippen molar-refractivity contribution in [3.8, 4) is 5.75 Å². The van der Waals surface area contributed by atoms with Crippen LogP contribution in [0.4, 0.5) is 15.8 Å². The Morgan fingerprint density at radius 3 is 2.17 bits per heavy atom. The fourth-order valence-electron chi connectivity index (χ4n) is 4.14. The number of fused-ring (bicyclic) bond motifs is 1. The Labute approximate surface area is 241 Å². The highest BCUT2D eigenvalue weighted by molar-refractivity contribution is 7.89. The Morgan fingerprint density at radius 1 is 0.976 bits per heavy atom. The third kappa shape index (κ3) is 5.65. The van der Waals surface area contributed by atoms with Crippen LogP contribution in [0.1, 0.15) is 15.9 Å². The van der Waals surface area contributed by atoms with E-state index >= 15 is 4.39 Å². The summed E-state index contributed by atoms with van der Waals surface area (Å²) in [7, 11) is -6.66. The van der Waals surface area contributed by atoms with Gasteiger partial charge in [0.25, 0.3) is 0 Å². The molecule has 0 aliphatic carbocycles. The third-order valence-corrected chi connectivity index (χ3v) is 9.27. The number of carbonyl (C=O) groups excluding carboxylic acids is 2. The van der Waals surface area contributed by atoms with Crippen LogP contribution in [0.15, 0.2) is 66.7 Å². The minimum Gasteiger partial charge on any atom is -0.457 e. The smallest absolute Gasteiger partial charge is 0.338 e. The molecule has 0 unspecified atom stereocenters. The van der Waals surface area contributed by atoms with Gasteiger partial charge < -0.3 is 9.47 Å². The molecule has 0 spiro atoms. The lowest BCUT2D eigenvalue weighted by molar-refractivity contribution is -0.162. The van der Waals surface area contributed by atoms with Crippen molar-refractivity contribution in [2.75, 3.05) is 31.5 Å². The van der Waals surface area contributed by atoms with Crippen LogP contribution in [0.3, 0.4) is 0 Å². The maximum atomic E-state index is 15.3. The van der Waals surface area contributed by atoms with Crippen molar-refractivity contribution >= 4 is 54.9 Å². The van der Waals surface area contributed by atoms with E-state index in [1.54, 1.807) is 30.3 Å². The third-order valence-electron chi connectivity index (χ3n) is 6.41. The molecule has 1 aliphatic rings. The minimum atomic E-state index is -4.29. The molecule has 0 fully saturated rings. The van der Waals surface area contributed by atoms with Crippen LogP contribution in [0, 0.1) is 5.82 Å². The van der Waals surface area contributed by atoms with Crippen molar-refractivity contribution in [2.24, 2.45) is 0 Å². The zero-order valence-electron chi connectivity index (χ0n) is 22.2. The fraction of sp³-hybridized carbons (Fsp3) is 0.231. The molecule has 1 aliphatic heterocycles. The molecule has 0 atom stereocenters. The first-order valence-electron chi connectivity index (χ1n) is 11.8. The van der Waals surface area contributed by atoms with E-state index in [9.17, 15) is 26.4 Å². The van der Waals surface area contributed by atoms with E-state index in [-0.39, 0.29) is 34.2 Å². The minimum absolute atomic E-state index is 0.0343. The average Bonchev–Trinajstić information content (AvgIpc) is 2.91. The Balaban J connectivity index is 1.88. The van der Waals surface area contributed by atoms with Gasteiger partial charge in [0.05, 0.1) is 18.1 Å². The van der Waals surface area contributed by atoms with Crippen LogP contribution in [-0.4, -0.2) is 69.8 Å². The maximum Gasteiger partial charge on any atom is 0.338 e. The molecule has 0 saturated carbocycles. The number of halogens is 2. The van der Waals surface area contributed by atoms with Crippen LogP contribution in [0.2, 0.25) is 5.02 Å². The molecule has 1 amide bonds. The molecule has 0 N–H and O–H groups in total. The number of esters is 1. The van der Waals surface area contributed by atoms with Crippen molar-refractivity contribution in [1.82, 2.24) is 8.61 Å². The highest BCUT2D eigenvalue weighted by Gasteiger charge is 2.61. The molecular formula is C26H25ClFN3O8S2. The quantitative estimate of drug-likeness (QED) is 0.275. The molecule has 0 radical (unpaired) electrons. The van der Waals surface area contributed by atoms with E-state index < -0.39 is 49.3 Å². The second-order valence-corrected chi connectivity index (χ2v) is 13.6. The number of benzene rings is 3. The van der Waals surface area contributed by atoms with Gasteiger partial charge in [-0.3, -0.25) is 9.69 Å². The lowest BCUT2D eigenvalue weighted by Gasteiger charge is -2.48. The predicted molar refractivity (Wildman–Crippen MR) is 149 cm³/mol. The van der Waals surface area contributed by atoms with E-state index in [4.69, 9.17) is 21.1 Å². The number of nitrogens with zero attached hydrogens (tertiary/aromatic N) is 3. The highest BCUT2D eigenvalue weighted by atomic mass is 35.5. The van der Waals surface area contributed by atoms with Crippen LogP contribution >= 0.6 is 11.6 Å². The SMILES string of the molecule is CN(C1(N(C)S(C)(=O)=O)Oc2cccc(F)c2N(c2ccc(Cl)c(COC(=O)c3ccccc3)c2)C1=O)S(C)(=O)=O. The number of anilines is 2. The molecule has 0 saturated heterocycles. The molecule has 4 rings (SSSR count). The summed E-state index contributed by atoms with van der Waals surface area (Å²) in [6.07, 6.45) is 1.52. The van der Waals surface area contributed by atoms with Crippen molar-refractivity contribution < 1.29 is 40.3 Å². The van der Waals surface area contributed by atoms with Crippen molar-refractivity contribution in [3.63, 3.8) is 0 Å². The van der Waals surface area contributed by atoms with Gasteiger partial charge in [-0.15, -0.1) is 8.61 Å². The van der Waals surface area contributed by atoms with Crippen molar-refractivity contribution in [2.45, 2.75) is 12.5 Å². The average molecular weight is 626 g/mol. The van der Waals surface area contributed by atoms with Gasteiger partial charge in [0.15, 0.2) is 11.6 Å². The summed E-state index contributed by atoms with van der Waals surface area (Å²) >= 11 is 6.34. The number of sulfonamides is 2. The lowest BCUT2D eigenvalue weighted by Crippen LogP contribution is -2.73. The van der Waals surface area contributed by atoms with E-state index in [1.165, 1.54) is 30.3 Å². The van der Waals surface area contributed by atoms with Gasteiger partial charge in [-0.2, -0.15) is 0 Å². The Bertz CT molecular complexity index is 1700. The molecule has 11 nitrogen and oxygen atoms in total. The first-order valence-corrected chi connectivity index (χ1v) is 15.9.